The lowest BCUT2D eigenvalue weighted by atomic mass is 9.83. The summed E-state index contributed by atoms with van der Waals surface area (Å²) < 4.78 is 14.0. The van der Waals surface area contributed by atoms with Crippen LogP contribution in [0, 0.1) is 15.9 Å². The first kappa shape index (κ1) is 26.6. The summed E-state index contributed by atoms with van der Waals surface area (Å²) in [6, 6.07) is 28.6. The molecule has 1 amide bonds. The number of nitrogen functional groups attached to an aromatic ring is 1. The van der Waals surface area contributed by atoms with E-state index in [1.54, 1.807) is 48.5 Å². The SMILES string of the molecule is CC(=O)Nc1c(-c2ccc(Cl)cc2)c(-c2ccc(F)cc2)cc(-c2cccc(N)c2)c1-c1cccc([N+](=O)[O-])c1. The highest BCUT2D eigenvalue weighted by molar-refractivity contribution is 6.30. The molecule has 0 atom stereocenters. The number of rotatable bonds is 6. The third kappa shape index (κ3) is 5.41. The number of nitrogens with zero attached hydrogens (tertiary/aromatic N) is 1. The van der Waals surface area contributed by atoms with Crippen LogP contribution in [0.2, 0.25) is 5.02 Å². The van der Waals surface area contributed by atoms with Gasteiger partial charge in [0.1, 0.15) is 5.82 Å². The van der Waals surface area contributed by atoms with E-state index in [2.05, 4.69) is 5.32 Å². The molecule has 0 radical (unpaired) electrons. The molecule has 8 heteroatoms. The number of hydrogen-bond acceptors (Lipinski definition) is 4. The van der Waals surface area contributed by atoms with Crippen LogP contribution in [0.3, 0.4) is 0 Å². The van der Waals surface area contributed by atoms with Gasteiger partial charge in [0.2, 0.25) is 5.91 Å². The van der Waals surface area contributed by atoms with Crippen LogP contribution in [0.1, 0.15) is 6.92 Å². The number of halogens is 2. The summed E-state index contributed by atoms with van der Waals surface area (Å²) in [6.45, 7) is 1.40. The van der Waals surface area contributed by atoms with Crippen molar-refractivity contribution in [3.63, 3.8) is 0 Å². The minimum Gasteiger partial charge on any atom is -0.399 e. The number of hydrogen-bond donors (Lipinski definition) is 2. The number of non-ortho nitro benzene ring substituents is 1. The molecule has 198 valence electrons. The molecule has 0 aliphatic rings. The molecule has 3 N–H and O–H groups in total. The summed E-state index contributed by atoms with van der Waals surface area (Å²) in [5.74, 6) is -0.722. The highest BCUT2D eigenvalue weighted by Crippen LogP contribution is 2.49. The second kappa shape index (κ2) is 11.0. The van der Waals surface area contributed by atoms with Crippen molar-refractivity contribution in [2.75, 3.05) is 11.1 Å². The van der Waals surface area contributed by atoms with E-state index in [9.17, 15) is 19.3 Å². The van der Waals surface area contributed by atoms with Crippen LogP contribution in [0.4, 0.5) is 21.5 Å². The Balaban J connectivity index is 1.99. The molecule has 0 aliphatic heterocycles. The van der Waals surface area contributed by atoms with Crippen molar-refractivity contribution in [2.24, 2.45) is 0 Å². The van der Waals surface area contributed by atoms with E-state index in [0.717, 1.165) is 11.1 Å². The predicted molar refractivity (Wildman–Crippen MR) is 159 cm³/mol. The van der Waals surface area contributed by atoms with Crippen LogP contribution >= 0.6 is 11.6 Å². The molecule has 5 aromatic carbocycles. The number of carbonyl (C=O) groups is 1. The summed E-state index contributed by atoms with van der Waals surface area (Å²) in [5.41, 5.74) is 12.3. The van der Waals surface area contributed by atoms with E-state index in [1.807, 2.05) is 30.3 Å². The Kier molecular flexibility index (Phi) is 7.31. The van der Waals surface area contributed by atoms with Gasteiger partial charge < -0.3 is 11.1 Å². The molecular formula is C32H23ClFN3O3. The van der Waals surface area contributed by atoms with Crippen molar-refractivity contribution in [3.8, 4) is 44.5 Å². The monoisotopic (exact) mass is 551 g/mol. The van der Waals surface area contributed by atoms with E-state index in [0.29, 0.717) is 49.8 Å². The number of anilines is 2. The number of carbonyl (C=O) groups excluding carboxylic acids is 1. The van der Waals surface area contributed by atoms with Crippen molar-refractivity contribution >= 4 is 34.6 Å². The molecule has 6 nitrogen and oxygen atoms in total. The minimum absolute atomic E-state index is 0.0968. The van der Waals surface area contributed by atoms with Crippen LogP contribution in [0.25, 0.3) is 44.5 Å². The van der Waals surface area contributed by atoms with E-state index >= 15 is 0 Å². The number of amides is 1. The maximum Gasteiger partial charge on any atom is 0.270 e. The zero-order valence-electron chi connectivity index (χ0n) is 21.3. The fourth-order valence-electron chi connectivity index (χ4n) is 4.77. The Morgan fingerprint density at radius 3 is 2.05 bits per heavy atom. The fraction of sp³-hybridized carbons (Fsp3) is 0.0312. The Labute approximate surface area is 235 Å². The molecule has 5 rings (SSSR count). The number of nitro groups is 1. The standard InChI is InChI=1S/C32H23ClFN3O3/c1-19(38)36-32-30(21-8-12-24(33)13-9-21)28(20-10-14-25(34)15-11-20)18-29(22-4-2-6-26(35)16-22)31(32)23-5-3-7-27(17-23)37(39)40/h2-18H,35H2,1H3,(H,36,38). The fourth-order valence-corrected chi connectivity index (χ4v) is 4.89. The van der Waals surface area contributed by atoms with Gasteiger partial charge in [0.05, 0.1) is 10.6 Å². The maximum absolute atomic E-state index is 14.0. The molecule has 0 fully saturated rings. The van der Waals surface area contributed by atoms with Gasteiger partial charge >= 0.3 is 0 Å². The average molecular weight is 552 g/mol. The van der Waals surface area contributed by atoms with Gasteiger partial charge in [0.25, 0.3) is 5.69 Å². The molecule has 0 saturated carbocycles. The van der Waals surface area contributed by atoms with Crippen molar-refractivity contribution in [3.05, 3.63) is 124 Å². The van der Waals surface area contributed by atoms with E-state index in [-0.39, 0.29) is 17.4 Å². The lowest BCUT2D eigenvalue weighted by molar-refractivity contribution is -0.384. The quantitative estimate of drug-likeness (QED) is 0.125. The van der Waals surface area contributed by atoms with E-state index in [4.69, 9.17) is 17.3 Å². The number of benzene rings is 5. The van der Waals surface area contributed by atoms with E-state index in [1.165, 1.54) is 31.2 Å². The second-order valence-corrected chi connectivity index (χ2v) is 9.66. The molecule has 0 saturated heterocycles. The largest absolute Gasteiger partial charge is 0.399 e. The van der Waals surface area contributed by atoms with Gasteiger partial charge in [0, 0.05) is 40.9 Å². The Bertz CT molecular complexity index is 1750. The first-order chi connectivity index (χ1) is 19.2. The summed E-state index contributed by atoms with van der Waals surface area (Å²) in [6.07, 6.45) is 0. The molecule has 0 spiro atoms. The number of nitro benzene ring substituents is 1. The first-order valence-corrected chi connectivity index (χ1v) is 12.7. The third-order valence-corrected chi connectivity index (χ3v) is 6.71. The third-order valence-electron chi connectivity index (χ3n) is 6.46. The topological polar surface area (TPSA) is 98.3 Å². The van der Waals surface area contributed by atoms with Gasteiger partial charge in [-0.1, -0.05) is 60.1 Å². The first-order valence-electron chi connectivity index (χ1n) is 12.3. The molecule has 0 aromatic heterocycles. The molecule has 0 aliphatic carbocycles. The van der Waals surface area contributed by atoms with Crippen molar-refractivity contribution in [2.45, 2.75) is 6.92 Å². The molecule has 5 aromatic rings. The summed E-state index contributed by atoms with van der Waals surface area (Å²) >= 11 is 6.20. The van der Waals surface area contributed by atoms with Gasteiger partial charge in [-0.15, -0.1) is 0 Å². The van der Waals surface area contributed by atoms with Crippen LogP contribution in [0.15, 0.2) is 103 Å². The lowest BCUT2D eigenvalue weighted by Gasteiger charge is -2.24. The Morgan fingerprint density at radius 1 is 0.800 bits per heavy atom. The van der Waals surface area contributed by atoms with Crippen molar-refractivity contribution in [1.82, 2.24) is 0 Å². The number of nitrogens with two attached hydrogens (primary N) is 1. The molecular weight excluding hydrogens is 529 g/mol. The number of nitrogens with one attached hydrogen (secondary N) is 1. The van der Waals surface area contributed by atoms with Crippen molar-refractivity contribution < 1.29 is 14.1 Å². The Morgan fingerprint density at radius 2 is 1.40 bits per heavy atom. The molecule has 0 unspecified atom stereocenters. The van der Waals surface area contributed by atoms with Crippen molar-refractivity contribution in [1.29, 1.82) is 0 Å². The minimum atomic E-state index is -0.464. The van der Waals surface area contributed by atoms with Gasteiger partial charge in [0.15, 0.2) is 0 Å². The van der Waals surface area contributed by atoms with Gasteiger partial charge in [-0.2, -0.15) is 0 Å². The highest BCUT2D eigenvalue weighted by atomic mass is 35.5. The Hall–Kier alpha value is -5.01. The lowest BCUT2D eigenvalue weighted by Crippen LogP contribution is -2.10. The van der Waals surface area contributed by atoms with Gasteiger partial charge in [-0.3, -0.25) is 14.9 Å². The zero-order valence-corrected chi connectivity index (χ0v) is 22.1. The summed E-state index contributed by atoms with van der Waals surface area (Å²) in [7, 11) is 0. The normalized spacial score (nSPS) is 10.8. The maximum atomic E-state index is 14.0. The molecule has 0 heterocycles. The van der Waals surface area contributed by atoms with Gasteiger partial charge in [-0.05, 0) is 75.8 Å². The predicted octanol–water partition coefficient (Wildman–Crippen LogP) is 8.60. The highest BCUT2D eigenvalue weighted by Gasteiger charge is 2.24. The second-order valence-electron chi connectivity index (χ2n) is 9.22. The van der Waals surface area contributed by atoms with Crippen LogP contribution in [-0.4, -0.2) is 10.8 Å². The smallest absolute Gasteiger partial charge is 0.270 e. The van der Waals surface area contributed by atoms with E-state index < -0.39 is 4.92 Å². The van der Waals surface area contributed by atoms with Gasteiger partial charge in [-0.25, -0.2) is 4.39 Å². The summed E-state index contributed by atoms with van der Waals surface area (Å²) in [5, 5.41) is 15.2. The van der Waals surface area contributed by atoms with Crippen LogP contribution in [0.5, 0.6) is 0 Å². The van der Waals surface area contributed by atoms with Crippen LogP contribution in [-0.2, 0) is 4.79 Å². The molecule has 40 heavy (non-hydrogen) atoms. The zero-order chi connectivity index (χ0) is 28.4. The van der Waals surface area contributed by atoms with Crippen LogP contribution < -0.4 is 11.1 Å². The molecule has 0 bridgehead atoms. The summed E-state index contributed by atoms with van der Waals surface area (Å²) in [4.78, 5) is 23.9. The average Bonchev–Trinajstić information content (AvgIpc) is 2.93.